The lowest BCUT2D eigenvalue weighted by Crippen LogP contribution is -1.82. The van der Waals surface area contributed by atoms with Gasteiger partial charge in [0.15, 0.2) is 0 Å². The van der Waals surface area contributed by atoms with Gasteiger partial charge in [0.1, 0.15) is 0 Å². The van der Waals surface area contributed by atoms with Gasteiger partial charge in [-0.15, -0.1) is 11.8 Å². The SMILES string of the molecule is OCCC#CCCc1ccccc1. The summed E-state index contributed by atoms with van der Waals surface area (Å²) in [5, 5.41) is 8.48. The lowest BCUT2D eigenvalue weighted by atomic mass is 10.1. The molecule has 0 atom stereocenters. The normalized spacial score (nSPS) is 9.00. The molecule has 0 fully saturated rings. The molecule has 0 aromatic heterocycles. The van der Waals surface area contributed by atoms with Crippen molar-refractivity contribution in [3.63, 3.8) is 0 Å². The highest BCUT2D eigenvalue weighted by Crippen LogP contribution is 2.00. The Morgan fingerprint density at radius 2 is 1.69 bits per heavy atom. The van der Waals surface area contributed by atoms with Crippen molar-refractivity contribution < 1.29 is 5.11 Å². The molecule has 1 rings (SSSR count). The van der Waals surface area contributed by atoms with Gasteiger partial charge >= 0.3 is 0 Å². The van der Waals surface area contributed by atoms with E-state index in [-0.39, 0.29) is 6.61 Å². The summed E-state index contributed by atoms with van der Waals surface area (Å²) in [5.41, 5.74) is 1.32. The van der Waals surface area contributed by atoms with E-state index >= 15 is 0 Å². The van der Waals surface area contributed by atoms with Gasteiger partial charge in [-0.05, 0) is 12.0 Å². The minimum atomic E-state index is 0.165. The van der Waals surface area contributed by atoms with Crippen LogP contribution in [0.4, 0.5) is 0 Å². The first-order valence-corrected chi connectivity index (χ1v) is 4.54. The average Bonchev–Trinajstić information content (AvgIpc) is 2.19. The number of aliphatic hydroxyl groups excluding tert-OH is 1. The molecule has 0 saturated heterocycles. The Balaban J connectivity index is 2.25. The first-order valence-electron chi connectivity index (χ1n) is 4.54. The molecule has 1 nitrogen and oxygen atoms in total. The van der Waals surface area contributed by atoms with Crippen molar-refractivity contribution in [2.45, 2.75) is 19.3 Å². The fourth-order valence-corrected chi connectivity index (χ4v) is 1.08. The molecule has 0 saturated carbocycles. The zero-order chi connectivity index (χ0) is 9.36. The third-order valence-electron chi connectivity index (χ3n) is 1.74. The lowest BCUT2D eigenvalue weighted by molar-refractivity contribution is 0.305. The Labute approximate surface area is 79.4 Å². The molecule has 1 N–H and O–H groups in total. The van der Waals surface area contributed by atoms with Crippen LogP contribution in [0, 0.1) is 11.8 Å². The monoisotopic (exact) mass is 174 g/mol. The standard InChI is InChI=1S/C12H14O/c13-11-7-2-1-4-8-12-9-5-3-6-10-12/h3,5-6,9-10,13H,4,7-8,11H2. The summed E-state index contributed by atoms with van der Waals surface area (Å²) in [6, 6.07) is 10.3. The first kappa shape index (κ1) is 9.83. The zero-order valence-corrected chi connectivity index (χ0v) is 7.66. The van der Waals surface area contributed by atoms with Gasteiger partial charge in [0.25, 0.3) is 0 Å². The van der Waals surface area contributed by atoms with E-state index in [4.69, 9.17) is 5.11 Å². The second kappa shape index (κ2) is 6.28. The topological polar surface area (TPSA) is 20.2 Å². The molecule has 0 radical (unpaired) electrons. The molecule has 0 bridgehead atoms. The smallest absolute Gasteiger partial charge is 0.0540 e. The molecular formula is C12H14O. The molecular weight excluding hydrogens is 160 g/mol. The molecule has 1 heteroatoms. The van der Waals surface area contributed by atoms with E-state index in [0.717, 1.165) is 12.8 Å². The lowest BCUT2D eigenvalue weighted by Gasteiger charge is -1.94. The van der Waals surface area contributed by atoms with Gasteiger partial charge in [-0.3, -0.25) is 0 Å². The highest BCUT2D eigenvalue weighted by atomic mass is 16.2. The number of aryl methyl sites for hydroxylation is 1. The maximum Gasteiger partial charge on any atom is 0.0540 e. The van der Waals surface area contributed by atoms with E-state index in [9.17, 15) is 0 Å². The van der Waals surface area contributed by atoms with E-state index in [1.165, 1.54) is 5.56 Å². The minimum absolute atomic E-state index is 0.165. The summed E-state index contributed by atoms with van der Waals surface area (Å²) in [4.78, 5) is 0. The van der Waals surface area contributed by atoms with Crippen LogP contribution in [0.25, 0.3) is 0 Å². The largest absolute Gasteiger partial charge is 0.395 e. The molecule has 0 aliphatic rings. The van der Waals surface area contributed by atoms with Gasteiger partial charge in [-0.2, -0.15) is 0 Å². The maximum atomic E-state index is 8.48. The summed E-state index contributed by atoms with van der Waals surface area (Å²) in [6.45, 7) is 0.165. The molecule has 0 spiro atoms. The Hall–Kier alpha value is -1.26. The van der Waals surface area contributed by atoms with Crippen molar-refractivity contribution in [3.05, 3.63) is 35.9 Å². The fraction of sp³-hybridized carbons (Fsp3) is 0.333. The van der Waals surface area contributed by atoms with Crippen molar-refractivity contribution in [2.75, 3.05) is 6.61 Å². The molecule has 68 valence electrons. The van der Waals surface area contributed by atoms with Gasteiger partial charge < -0.3 is 5.11 Å². The number of rotatable bonds is 3. The van der Waals surface area contributed by atoms with E-state index in [2.05, 4.69) is 24.0 Å². The average molecular weight is 174 g/mol. The van der Waals surface area contributed by atoms with Crippen molar-refractivity contribution in [2.24, 2.45) is 0 Å². The molecule has 0 aliphatic carbocycles. The molecule has 13 heavy (non-hydrogen) atoms. The highest BCUT2D eigenvalue weighted by molar-refractivity contribution is 5.16. The van der Waals surface area contributed by atoms with Gasteiger partial charge in [0.05, 0.1) is 6.61 Å². The molecule has 0 unspecified atom stereocenters. The highest BCUT2D eigenvalue weighted by Gasteiger charge is 1.87. The summed E-state index contributed by atoms with van der Waals surface area (Å²) < 4.78 is 0. The fourth-order valence-electron chi connectivity index (χ4n) is 1.08. The molecule has 1 aromatic carbocycles. The zero-order valence-electron chi connectivity index (χ0n) is 7.66. The van der Waals surface area contributed by atoms with E-state index in [0.29, 0.717) is 6.42 Å². The van der Waals surface area contributed by atoms with E-state index < -0.39 is 0 Å². The minimum Gasteiger partial charge on any atom is -0.395 e. The van der Waals surface area contributed by atoms with Crippen LogP contribution in [0.2, 0.25) is 0 Å². The Morgan fingerprint density at radius 1 is 1.00 bits per heavy atom. The van der Waals surface area contributed by atoms with E-state index in [1.54, 1.807) is 0 Å². The van der Waals surface area contributed by atoms with Crippen LogP contribution in [0.3, 0.4) is 0 Å². The van der Waals surface area contributed by atoms with Crippen molar-refractivity contribution in [1.82, 2.24) is 0 Å². The third kappa shape index (κ3) is 4.35. The second-order valence-electron chi connectivity index (χ2n) is 2.81. The van der Waals surface area contributed by atoms with Crippen molar-refractivity contribution in [1.29, 1.82) is 0 Å². The van der Waals surface area contributed by atoms with Crippen molar-refractivity contribution in [3.8, 4) is 11.8 Å². The maximum absolute atomic E-state index is 8.48. The predicted octanol–water partition coefficient (Wildman–Crippen LogP) is 2.00. The van der Waals surface area contributed by atoms with Crippen molar-refractivity contribution >= 4 is 0 Å². The van der Waals surface area contributed by atoms with Crippen LogP contribution < -0.4 is 0 Å². The number of aliphatic hydroxyl groups is 1. The third-order valence-corrected chi connectivity index (χ3v) is 1.74. The Morgan fingerprint density at radius 3 is 2.38 bits per heavy atom. The van der Waals surface area contributed by atoms with Gasteiger partial charge in [-0.25, -0.2) is 0 Å². The van der Waals surface area contributed by atoms with Crippen LogP contribution in [0.5, 0.6) is 0 Å². The molecule has 0 amide bonds. The van der Waals surface area contributed by atoms with Gasteiger partial charge in [0, 0.05) is 12.8 Å². The Bertz CT molecular complexity index is 279. The van der Waals surface area contributed by atoms with Crippen LogP contribution in [0.15, 0.2) is 30.3 Å². The molecule has 1 aromatic rings. The summed E-state index contributed by atoms with van der Waals surface area (Å²) in [7, 11) is 0. The number of hydrogen-bond acceptors (Lipinski definition) is 1. The summed E-state index contributed by atoms with van der Waals surface area (Å²) >= 11 is 0. The van der Waals surface area contributed by atoms with E-state index in [1.807, 2.05) is 18.2 Å². The van der Waals surface area contributed by atoms with Gasteiger partial charge in [-0.1, -0.05) is 30.3 Å². The number of benzene rings is 1. The summed E-state index contributed by atoms with van der Waals surface area (Å²) in [5.74, 6) is 5.93. The molecule has 0 aliphatic heterocycles. The number of hydrogen-bond donors (Lipinski definition) is 1. The van der Waals surface area contributed by atoms with Gasteiger partial charge in [0.2, 0.25) is 0 Å². The van der Waals surface area contributed by atoms with Crippen LogP contribution in [-0.2, 0) is 6.42 Å². The van der Waals surface area contributed by atoms with Crippen LogP contribution >= 0.6 is 0 Å². The second-order valence-corrected chi connectivity index (χ2v) is 2.81. The molecule has 0 heterocycles. The predicted molar refractivity (Wildman–Crippen MR) is 54.2 cm³/mol. The van der Waals surface area contributed by atoms with Crippen LogP contribution in [0.1, 0.15) is 18.4 Å². The Kier molecular flexibility index (Phi) is 4.74. The first-order chi connectivity index (χ1) is 6.43. The van der Waals surface area contributed by atoms with Crippen LogP contribution in [-0.4, -0.2) is 11.7 Å². The quantitative estimate of drug-likeness (QED) is 0.695. The summed E-state index contributed by atoms with van der Waals surface area (Å²) in [6.07, 6.45) is 2.47.